The van der Waals surface area contributed by atoms with E-state index in [1.807, 2.05) is 25.3 Å². The zero-order chi connectivity index (χ0) is 26.8. The first-order chi connectivity index (χ1) is 17.2. The molecule has 0 saturated carbocycles. The molecule has 4 N–H and O–H groups in total. The number of aromatic amines is 1. The highest BCUT2D eigenvalue weighted by atomic mass is 14.9. The van der Waals surface area contributed by atoms with Crippen LogP contribution in [0.25, 0.3) is 6.08 Å². The average molecular weight is 487 g/mol. The Labute approximate surface area is 219 Å². The third-order valence-corrected chi connectivity index (χ3v) is 7.02. The van der Waals surface area contributed by atoms with Gasteiger partial charge in [-0.25, -0.2) is 0 Å². The highest BCUT2D eigenvalue weighted by Crippen LogP contribution is 2.23. The van der Waals surface area contributed by atoms with Crippen molar-refractivity contribution >= 4 is 11.8 Å². The predicted molar refractivity (Wildman–Crippen MR) is 159 cm³/mol. The number of hydrogen-bond acceptors (Lipinski definition) is 3. The molecule has 0 bridgehead atoms. The summed E-state index contributed by atoms with van der Waals surface area (Å²) < 4.78 is 0. The van der Waals surface area contributed by atoms with Gasteiger partial charge in [0.15, 0.2) is 0 Å². The Balaban J connectivity index is 2.35. The van der Waals surface area contributed by atoms with Crippen LogP contribution < -0.4 is 11.1 Å². The molecule has 1 aromatic heterocycles. The second kappa shape index (κ2) is 13.7. The number of nitrogens with one attached hydrogen (secondary N) is 2. The molecule has 0 atom stereocenters. The van der Waals surface area contributed by atoms with Gasteiger partial charge in [0.05, 0.1) is 5.71 Å². The lowest BCUT2D eigenvalue weighted by Gasteiger charge is -2.11. The van der Waals surface area contributed by atoms with Crippen LogP contribution in [0.4, 0.5) is 0 Å². The number of nitrogens with two attached hydrogens (primary N) is 1. The maximum Gasteiger partial charge on any atom is 0.0676 e. The van der Waals surface area contributed by atoms with E-state index in [4.69, 9.17) is 10.7 Å². The first-order valence-corrected chi connectivity index (χ1v) is 13.2. The van der Waals surface area contributed by atoms with E-state index >= 15 is 0 Å². The third kappa shape index (κ3) is 7.13. The van der Waals surface area contributed by atoms with Crippen LogP contribution in [0.1, 0.15) is 83.3 Å². The number of aryl methyl sites for hydroxylation is 1. The molecule has 4 heteroatoms. The quantitative estimate of drug-likeness (QED) is 0.220. The van der Waals surface area contributed by atoms with Crippen molar-refractivity contribution in [2.24, 2.45) is 10.7 Å². The number of aromatic nitrogens is 1. The molecule has 0 spiro atoms. The SMILES string of the molecule is C=C(CCC)C(C=C(N)C(=C\C)/C(C)=C/C=C1\NCC(CC)=C1C)=N/C=C\c1[nH]c(C)c(CC)c1C. The molecule has 0 amide bonds. The summed E-state index contributed by atoms with van der Waals surface area (Å²) in [6.07, 6.45) is 16.2. The second-order valence-corrected chi connectivity index (χ2v) is 9.47. The van der Waals surface area contributed by atoms with Crippen molar-refractivity contribution in [1.82, 2.24) is 10.3 Å². The first kappa shape index (κ1) is 29.0. The molecule has 0 aromatic carbocycles. The van der Waals surface area contributed by atoms with Crippen LogP contribution in [0.15, 0.2) is 81.3 Å². The summed E-state index contributed by atoms with van der Waals surface area (Å²) in [4.78, 5) is 8.25. The van der Waals surface area contributed by atoms with Crippen molar-refractivity contribution in [1.29, 1.82) is 0 Å². The summed E-state index contributed by atoms with van der Waals surface area (Å²) in [5.41, 5.74) is 20.2. The van der Waals surface area contributed by atoms with Crippen LogP contribution >= 0.6 is 0 Å². The fourth-order valence-corrected chi connectivity index (χ4v) is 4.74. The van der Waals surface area contributed by atoms with Gasteiger partial charge in [0.1, 0.15) is 0 Å². The smallest absolute Gasteiger partial charge is 0.0676 e. The lowest BCUT2D eigenvalue weighted by molar-refractivity contribution is 0.914. The summed E-state index contributed by atoms with van der Waals surface area (Å²) in [6, 6.07) is 0. The number of rotatable bonds is 11. The maximum atomic E-state index is 6.62. The molecule has 0 unspecified atom stereocenters. The summed E-state index contributed by atoms with van der Waals surface area (Å²) in [7, 11) is 0. The monoisotopic (exact) mass is 486 g/mol. The average Bonchev–Trinajstić information content (AvgIpc) is 3.34. The van der Waals surface area contributed by atoms with Crippen molar-refractivity contribution in [3.8, 4) is 0 Å². The Bertz CT molecular complexity index is 1170. The van der Waals surface area contributed by atoms with Crippen molar-refractivity contribution < 1.29 is 0 Å². The largest absolute Gasteiger partial charge is 0.398 e. The highest BCUT2D eigenvalue weighted by molar-refractivity contribution is 6.09. The third-order valence-electron chi connectivity index (χ3n) is 7.02. The van der Waals surface area contributed by atoms with E-state index in [9.17, 15) is 0 Å². The molecule has 1 aliphatic heterocycles. The van der Waals surface area contributed by atoms with Crippen LogP contribution in [0.2, 0.25) is 0 Å². The molecule has 194 valence electrons. The Morgan fingerprint density at radius 1 is 1.14 bits per heavy atom. The minimum Gasteiger partial charge on any atom is -0.398 e. The molecular formula is C32H46N4. The van der Waals surface area contributed by atoms with Gasteiger partial charge in [-0.15, -0.1) is 0 Å². The normalized spacial score (nSPS) is 17.1. The zero-order valence-corrected chi connectivity index (χ0v) is 23.7. The zero-order valence-electron chi connectivity index (χ0n) is 23.7. The molecule has 1 aliphatic rings. The molecule has 0 radical (unpaired) electrons. The standard InChI is InChI=1S/C32H46N4/c1-10-14-22(6)32(34-18-17-31-24(8)28(13-4)25(9)36-31)19-29(33)27(12-3)21(5)15-16-30-23(7)26(11-2)20-35-30/h12,15-19,35-36H,6,10-11,13-14,20,33H2,1-5,7-9H3/b18-17-,21-15+,27-12-,29-19?,30-16-,34-32?. The van der Waals surface area contributed by atoms with E-state index in [0.29, 0.717) is 5.70 Å². The number of allylic oxidation sites excluding steroid dienone is 7. The van der Waals surface area contributed by atoms with Gasteiger partial charge in [0.2, 0.25) is 0 Å². The molecule has 4 nitrogen and oxygen atoms in total. The summed E-state index contributed by atoms with van der Waals surface area (Å²) in [6.45, 7) is 22.4. The van der Waals surface area contributed by atoms with Gasteiger partial charge in [-0.1, -0.05) is 45.9 Å². The number of H-pyrrole nitrogens is 1. The van der Waals surface area contributed by atoms with Gasteiger partial charge >= 0.3 is 0 Å². The lowest BCUT2D eigenvalue weighted by Crippen LogP contribution is -2.08. The maximum absolute atomic E-state index is 6.62. The Kier molecular flexibility index (Phi) is 11.0. The number of aliphatic imine (C=N–C) groups is 1. The van der Waals surface area contributed by atoms with Crippen LogP contribution in [-0.2, 0) is 6.42 Å². The Hall–Kier alpha value is -3.27. The number of hydrogen-bond donors (Lipinski definition) is 3. The van der Waals surface area contributed by atoms with Gasteiger partial charge in [-0.05, 0) is 111 Å². The van der Waals surface area contributed by atoms with Crippen molar-refractivity contribution in [2.75, 3.05) is 6.54 Å². The fourth-order valence-electron chi connectivity index (χ4n) is 4.74. The van der Waals surface area contributed by atoms with Crippen LogP contribution in [0.3, 0.4) is 0 Å². The molecule has 1 aromatic rings. The molecule has 2 rings (SSSR count). The Morgan fingerprint density at radius 3 is 2.42 bits per heavy atom. The number of nitrogens with zero attached hydrogens (tertiary/aromatic N) is 1. The minimum atomic E-state index is 0.690. The fraction of sp³-hybridized carbons (Fsp3) is 0.406. The molecule has 2 heterocycles. The summed E-state index contributed by atoms with van der Waals surface area (Å²) in [5.74, 6) is 0. The molecule has 0 aliphatic carbocycles. The van der Waals surface area contributed by atoms with E-state index in [1.54, 1.807) is 0 Å². The van der Waals surface area contributed by atoms with Crippen LogP contribution in [-0.4, -0.2) is 17.2 Å². The lowest BCUT2D eigenvalue weighted by atomic mass is 9.99. The van der Waals surface area contributed by atoms with E-state index < -0.39 is 0 Å². The van der Waals surface area contributed by atoms with Crippen molar-refractivity contribution in [2.45, 2.75) is 81.1 Å². The summed E-state index contributed by atoms with van der Waals surface area (Å²) >= 11 is 0. The van der Waals surface area contributed by atoms with Gasteiger partial charge in [-0.2, -0.15) is 0 Å². The molecule has 36 heavy (non-hydrogen) atoms. The topological polar surface area (TPSA) is 66.2 Å². The summed E-state index contributed by atoms with van der Waals surface area (Å²) in [5, 5.41) is 3.50. The molecule has 0 saturated heterocycles. The van der Waals surface area contributed by atoms with Crippen molar-refractivity contribution in [3.05, 3.63) is 98.9 Å². The highest BCUT2D eigenvalue weighted by Gasteiger charge is 2.13. The van der Waals surface area contributed by atoms with Gasteiger partial charge < -0.3 is 16.0 Å². The van der Waals surface area contributed by atoms with Crippen LogP contribution in [0.5, 0.6) is 0 Å². The predicted octanol–water partition coefficient (Wildman–Crippen LogP) is 7.91. The Morgan fingerprint density at radius 2 is 1.86 bits per heavy atom. The van der Waals surface area contributed by atoms with Gasteiger partial charge in [0.25, 0.3) is 0 Å². The van der Waals surface area contributed by atoms with Gasteiger partial charge in [0, 0.05) is 35.5 Å². The first-order valence-electron chi connectivity index (χ1n) is 13.2. The minimum absolute atomic E-state index is 0.690. The van der Waals surface area contributed by atoms with Crippen molar-refractivity contribution in [3.63, 3.8) is 0 Å². The van der Waals surface area contributed by atoms with E-state index in [0.717, 1.165) is 60.4 Å². The van der Waals surface area contributed by atoms with E-state index in [1.165, 1.54) is 33.7 Å². The molecular weight excluding hydrogens is 440 g/mol. The second-order valence-electron chi connectivity index (χ2n) is 9.47. The van der Waals surface area contributed by atoms with E-state index in [-0.39, 0.29) is 0 Å². The molecule has 0 fully saturated rings. The van der Waals surface area contributed by atoms with Gasteiger partial charge in [-0.3, -0.25) is 4.99 Å². The van der Waals surface area contributed by atoms with Crippen LogP contribution in [0, 0.1) is 13.8 Å². The van der Waals surface area contributed by atoms with E-state index in [2.05, 4.69) is 83.6 Å².